The van der Waals surface area contributed by atoms with Gasteiger partial charge in [0.15, 0.2) is 6.61 Å². The van der Waals surface area contributed by atoms with Crippen molar-refractivity contribution in [2.75, 3.05) is 32.8 Å². The SMILES string of the molecule is Cc1ccc(OCC(=O)N2CCN(C(=O)c3cc(C)ccc3C)CC2)cc1. The molecule has 0 aliphatic carbocycles. The van der Waals surface area contributed by atoms with Crippen LogP contribution in [0.2, 0.25) is 0 Å². The van der Waals surface area contributed by atoms with Crippen LogP contribution in [0.3, 0.4) is 0 Å². The summed E-state index contributed by atoms with van der Waals surface area (Å²) in [7, 11) is 0. The lowest BCUT2D eigenvalue weighted by Gasteiger charge is -2.35. The Labute approximate surface area is 160 Å². The summed E-state index contributed by atoms with van der Waals surface area (Å²) in [5.74, 6) is 0.686. The van der Waals surface area contributed by atoms with E-state index in [1.807, 2.05) is 68.1 Å². The van der Waals surface area contributed by atoms with Crippen LogP contribution in [0.25, 0.3) is 0 Å². The molecule has 0 bridgehead atoms. The maximum Gasteiger partial charge on any atom is 0.260 e. The van der Waals surface area contributed by atoms with Crippen LogP contribution < -0.4 is 4.74 Å². The van der Waals surface area contributed by atoms with Gasteiger partial charge in [0.25, 0.3) is 11.8 Å². The molecule has 2 aromatic carbocycles. The van der Waals surface area contributed by atoms with Gasteiger partial charge in [0.05, 0.1) is 0 Å². The molecule has 0 spiro atoms. The van der Waals surface area contributed by atoms with Crippen molar-refractivity contribution in [2.24, 2.45) is 0 Å². The second-order valence-electron chi connectivity index (χ2n) is 7.09. The lowest BCUT2D eigenvalue weighted by atomic mass is 10.0. The summed E-state index contributed by atoms with van der Waals surface area (Å²) in [6.45, 7) is 8.13. The molecule has 1 aliphatic heterocycles. The molecule has 1 heterocycles. The predicted molar refractivity (Wildman–Crippen MR) is 105 cm³/mol. The average Bonchev–Trinajstić information content (AvgIpc) is 2.69. The number of amides is 2. The van der Waals surface area contributed by atoms with Gasteiger partial charge >= 0.3 is 0 Å². The van der Waals surface area contributed by atoms with Crippen LogP contribution in [-0.4, -0.2) is 54.4 Å². The maximum atomic E-state index is 12.8. The Balaban J connectivity index is 1.52. The quantitative estimate of drug-likeness (QED) is 0.836. The van der Waals surface area contributed by atoms with Crippen molar-refractivity contribution in [3.63, 3.8) is 0 Å². The first-order valence-electron chi connectivity index (χ1n) is 9.28. The molecule has 0 unspecified atom stereocenters. The summed E-state index contributed by atoms with van der Waals surface area (Å²) < 4.78 is 5.58. The molecular formula is C22H26N2O3. The normalized spacial score (nSPS) is 14.2. The van der Waals surface area contributed by atoms with Gasteiger partial charge in [-0.1, -0.05) is 35.4 Å². The van der Waals surface area contributed by atoms with E-state index in [0.29, 0.717) is 31.9 Å². The highest BCUT2D eigenvalue weighted by molar-refractivity contribution is 5.96. The molecule has 142 valence electrons. The molecule has 27 heavy (non-hydrogen) atoms. The number of nitrogens with zero attached hydrogens (tertiary/aromatic N) is 2. The van der Waals surface area contributed by atoms with Crippen molar-refractivity contribution in [3.05, 3.63) is 64.7 Å². The van der Waals surface area contributed by atoms with Crippen LogP contribution in [0.1, 0.15) is 27.0 Å². The third-order valence-electron chi connectivity index (χ3n) is 4.93. The second-order valence-corrected chi connectivity index (χ2v) is 7.09. The summed E-state index contributed by atoms with van der Waals surface area (Å²) in [5.41, 5.74) is 3.96. The maximum absolute atomic E-state index is 12.8. The summed E-state index contributed by atoms with van der Waals surface area (Å²) in [6.07, 6.45) is 0. The largest absolute Gasteiger partial charge is 0.484 e. The number of rotatable bonds is 4. The third kappa shape index (κ3) is 4.67. The van der Waals surface area contributed by atoms with Crippen molar-refractivity contribution < 1.29 is 14.3 Å². The highest BCUT2D eigenvalue weighted by Crippen LogP contribution is 2.16. The summed E-state index contributed by atoms with van der Waals surface area (Å²) in [6, 6.07) is 13.6. The van der Waals surface area contributed by atoms with Crippen LogP contribution in [-0.2, 0) is 4.79 Å². The molecule has 2 amide bonds. The fourth-order valence-electron chi connectivity index (χ4n) is 3.17. The minimum atomic E-state index is -0.0468. The molecule has 1 saturated heterocycles. The van der Waals surface area contributed by atoms with E-state index in [1.54, 1.807) is 4.90 Å². The van der Waals surface area contributed by atoms with Gasteiger partial charge in [0.2, 0.25) is 0 Å². The number of piperazine rings is 1. The standard InChI is InChI=1S/C22H26N2O3/c1-16-5-8-19(9-6-16)27-15-21(25)23-10-12-24(13-11-23)22(26)20-14-17(2)4-7-18(20)3/h4-9,14H,10-13,15H2,1-3H3. The van der Waals surface area contributed by atoms with Crippen molar-refractivity contribution in [3.8, 4) is 5.75 Å². The van der Waals surface area contributed by atoms with Gasteiger partial charge in [-0.05, 0) is 44.5 Å². The van der Waals surface area contributed by atoms with E-state index in [1.165, 1.54) is 0 Å². The highest BCUT2D eigenvalue weighted by atomic mass is 16.5. The fourth-order valence-corrected chi connectivity index (χ4v) is 3.17. The number of hydrogen-bond donors (Lipinski definition) is 0. The number of benzene rings is 2. The van der Waals surface area contributed by atoms with E-state index in [2.05, 4.69) is 0 Å². The highest BCUT2D eigenvalue weighted by Gasteiger charge is 2.25. The van der Waals surface area contributed by atoms with Crippen LogP contribution >= 0.6 is 0 Å². The van der Waals surface area contributed by atoms with E-state index in [9.17, 15) is 9.59 Å². The monoisotopic (exact) mass is 366 g/mol. The molecule has 0 radical (unpaired) electrons. The molecule has 2 aromatic rings. The first-order valence-corrected chi connectivity index (χ1v) is 9.28. The summed E-state index contributed by atoms with van der Waals surface area (Å²) in [4.78, 5) is 28.8. The van der Waals surface area contributed by atoms with E-state index < -0.39 is 0 Å². The minimum Gasteiger partial charge on any atom is -0.484 e. The van der Waals surface area contributed by atoms with Crippen molar-refractivity contribution >= 4 is 11.8 Å². The van der Waals surface area contributed by atoms with Crippen LogP contribution in [0.15, 0.2) is 42.5 Å². The van der Waals surface area contributed by atoms with Gasteiger partial charge in [0, 0.05) is 31.7 Å². The van der Waals surface area contributed by atoms with Gasteiger partial charge in [-0.3, -0.25) is 9.59 Å². The minimum absolute atomic E-state index is 0.0218. The number of carbonyl (C=O) groups excluding carboxylic acids is 2. The Morgan fingerprint density at radius 1 is 0.852 bits per heavy atom. The summed E-state index contributed by atoms with van der Waals surface area (Å²) >= 11 is 0. The predicted octanol–water partition coefficient (Wildman–Crippen LogP) is 2.98. The average molecular weight is 366 g/mol. The van der Waals surface area contributed by atoms with E-state index in [4.69, 9.17) is 4.74 Å². The zero-order chi connectivity index (χ0) is 19.4. The van der Waals surface area contributed by atoms with Gasteiger partial charge < -0.3 is 14.5 Å². The fraction of sp³-hybridized carbons (Fsp3) is 0.364. The lowest BCUT2D eigenvalue weighted by molar-refractivity contribution is -0.134. The van der Waals surface area contributed by atoms with Crippen LogP contribution in [0.5, 0.6) is 5.75 Å². The molecule has 1 fully saturated rings. The molecular weight excluding hydrogens is 340 g/mol. The van der Waals surface area contributed by atoms with Gasteiger partial charge in [-0.15, -0.1) is 0 Å². The van der Waals surface area contributed by atoms with Crippen molar-refractivity contribution in [1.82, 2.24) is 9.80 Å². The van der Waals surface area contributed by atoms with E-state index in [0.717, 1.165) is 22.3 Å². The van der Waals surface area contributed by atoms with Crippen molar-refractivity contribution in [2.45, 2.75) is 20.8 Å². The molecule has 0 atom stereocenters. The third-order valence-corrected chi connectivity index (χ3v) is 4.93. The Morgan fingerprint density at radius 2 is 1.44 bits per heavy atom. The van der Waals surface area contributed by atoms with Crippen LogP contribution in [0.4, 0.5) is 0 Å². The second kappa shape index (κ2) is 8.25. The number of aryl methyl sites for hydroxylation is 3. The smallest absolute Gasteiger partial charge is 0.260 e. The first-order chi connectivity index (χ1) is 12.9. The number of hydrogen-bond acceptors (Lipinski definition) is 3. The van der Waals surface area contributed by atoms with Crippen molar-refractivity contribution in [1.29, 1.82) is 0 Å². The molecule has 1 aliphatic rings. The molecule has 5 heteroatoms. The first kappa shape index (κ1) is 19.0. The zero-order valence-corrected chi connectivity index (χ0v) is 16.2. The molecule has 5 nitrogen and oxygen atoms in total. The Hall–Kier alpha value is -2.82. The van der Waals surface area contributed by atoms with Gasteiger partial charge in [-0.2, -0.15) is 0 Å². The van der Waals surface area contributed by atoms with Crippen LogP contribution in [0, 0.1) is 20.8 Å². The molecule has 3 rings (SSSR count). The van der Waals surface area contributed by atoms with Gasteiger partial charge in [0.1, 0.15) is 5.75 Å². The van der Waals surface area contributed by atoms with E-state index >= 15 is 0 Å². The topological polar surface area (TPSA) is 49.9 Å². The summed E-state index contributed by atoms with van der Waals surface area (Å²) in [5, 5.41) is 0. The Bertz CT molecular complexity index is 822. The lowest BCUT2D eigenvalue weighted by Crippen LogP contribution is -2.51. The number of carbonyl (C=O) groups is 2. The Kier molecular flexibility index (Phi) is 5.79. The molecule has 0 saturated carbocycles. The zero-order valence-electron chi connectivity index (χ0n) is 16.2. The molecule has 0 aromatic heterocycles. The molecule has 0 N–H and O–H groups in total. The number of ether oxygens (including phenoxy) is 1. The van der Waals surface area contributed by atoms with E-state index in [-0.39, 0.29) is 18.4 Å². The van der Waals surface area contributed by atoms with Gasteiger partial charge in [-0.25, -0.2) is 0 Å². The Morgan fingerprint density at radius 3 is 2.11 bits per heavy atom.